The molecule has 1 heterocycles. The minimum Gasteiger partial charge on any atom is -0.394 e. The van der Waals surface area contributed by atoms with Crippen LogP contribution in [-0.2, 0) is 9.47 Å². The van der Waals surface area contributed by atoms with Gasteiger partial charge in [-0.3, -0.25) is 0 Å². The lowest BCUT2D eigenvalue weighted by Crippen LogP contribution is -2.59. The highest BCUT2D eigenvalue weighted by atomic mass is 16.7. The molecule has 0 radical (unpaired) electrons. The SMILES string of the molecule is BCCCOC1O[C@H](CO)[C@H](O)[C@H](O)[C@H]1O. The van der Waals surface area contributed by atoms with Crippen LogP contribution in [0.25, 0.3) is 0 Å². The zero-order valence-corrected chi connectivity index (χ0v) is 9.32. The van der Waals surface area contributed by atoms with Gasteiger partial charge in [-0.15, -0.1) is 0 Å². The van der Waals surface area contributed by atoms with Gasteiger partial charge in [0.05, 0.1) is 6.61 Å². The van der Waals surface area contributed by atoms with Gasteiger partial charge < -0.3 is 29.9 Å². The highest BCUT2D eigenvalue weighted by Gasteiger charge is 2.43. The van der Waals surface area contributed by atoms with E-state index in [2.05, 4.69) is 0 Å². The fraction of sp³-hybridized carbons (Fsp3) is 1.00. The molecule has 0 aliphatic carbocycles. The second-order valence-corrected chi connectivity index (χ2v) is 3.92. The number of ether oxygens (including phenoxy) is 2. The Balaban J connectivity index is 2.50. The molecule has 7 heteroatoms. The molecule has 0 aromatic rings. The summed E-state index contributed by atoms with van der Waals surface area (Å²) in [6.45, 7) is -0.0300. The summed E-state index contributed by atoms with van der Waals surface area (Å²) in [5, 5.41) is 37.5. The van der Waals surface area contributed by atoms with Crippen LogP contribution in [0.3, 0.4) is 0 Å². The summed E-state index contributed by atoms with van der Waals surface area (Å²) >= 11 is 0. The van der Waals surface area contributed by atoms with Crippen molar-refractivity contribution >= 4 is 7.85 Å². The molecule has 4 N–H and O–H groups in total. The summed E-state index contributed by atoms with van der Waals surface area (Å²) in [6.07, 6.45) is -4.13. The number of hydrogen-bond donors (Lipinski definition) is 4. The predicted octanol–water partition coefficient (Wildman–Crippen LogP) is -2.76. The van der Waals surface area contributed by atoms with Crippen LogP contribution in [0.2, 0.25) is 6.32 Å². The van der Waals surface area contributed by atoms with E-state index in [0.717, 1.165) is 12.7 Å². The molecule has 0 aromatic heterocycles. The molecule has 0 saturated carbocycles. The van der Waals surface area contributed by atoms with E-state index in [4.69, 9.17) is 14.6 Å². The van der Waals surface area contributed by atoms with Gasteiger partial charge in [-0.05, 0) is 6.42 Å². The highest BCUT2D eigenvalue weighted by Crippen LogP contribution is 2.21. The number of aliphatic hydroxyl groups is 4. The van der Waals surface area contributed by atoms with Crippen LogP contribution in [0, 0.1) is 0 Å². The van der Waals surface area contributed by atoms with Gasteiger partial charge in [0, 0.05) is 6.61 Å². The minimum absolute atomic E-state index is 0.402. The summed E-state index contributed by atoms with van der Waals surface area (Å²) in [5.74, 6) is 0. The van der Waals surface area contributed by atoms with E-state index in [1.165, 1.54) is 0 Å². The molecule has 1 rings (SSSR count). The van der Waals surface area contributed by atoms with Crippen LogP contribution < -0.4 is 0 Å². The maximum absolute atomic E-state index is 9.58. The van der Waals surface area contributed by atoms with E-state index in [-0.39, 0.29) is 0 Å². The third kappa shape index (κ3) is 3.16. The third-order valence-corrected chi connectivity index (χ3v) is 2.63. The van der Waals surface area contributed by atoms with E-state index in [0.29, 0.717) is 6.61 Å². The van der Waals surface area contributed by atoms with Crippen LogP contribution in [0.4, 0.5) is 0 Å². The van der Waals surface area contributed by atoms with Gasteiger partial charge in [0.2, 0.25) is 0 Å². The number of aliphatic hydroxyl groups excluding tert-OH is 4. The Morgan fingerprint density at radius 2 is 1.81 bits per heavy atom. The Labute approximate surface area is 95.2 Å². The molecule has 6 nitrogen and oxygen atoms in total. The van der Waals surface area contributed by atoms with Crippen molar-refractivity contribution in [2.45, 2.75) is 43.4 Å². The summed E-state index contributed by atoms with van der Waals surface area (Å²) in [5.41, 5.74) is 0. The van der Waals surface area contributed by atoms with Crippen molar-refractivity contribution in [1.29, 1.82) is 0 Å². The minimum atomic E-state index is -1.36. The van der Waals surface area contributed by atoms with Crippen LogP contribution in [0.15, 0.2) is 0 Å². The smallest absolute Gasteiger partial charge is 0.186 e. The maximum Gasteiger partial charge on any atom is 0.186 e. The Hall–Kier alpha value is -0.175. The van der Waals surface area contributed by atoms with E-state index in [9.17, 15) is 15.3 Å². The quantitative estimate of drug-likeness (QED) is 0.304. The molecule has 16 heavy (non-hydrogen) atoms. The van der Waals surface area contributed by atoms with Gasteiger partial charge in [0.1, 0.15) is 32.3 Å². The first-order valence-corrected chi connectivity index (χ1v) is 5.54. The first-order chi connectivity index (χ1) is 7.61. The summed E-state index contributed by atoms with van der Waals surface area (Å²) < 4.78 is 10.4. The molecular formula is C9H19BO6. The Kier molecular flexibility index (Phi) is 5.67. The fourth-order valence-corrected chi connectivity index (χ4v) is 1.55. The van der Waals surface area contributed by atoms with Gasteiger partial charge in [-0.1, -0.05) is 6.32 Å². The first kappa shape index (κ1) is 13.9. The third-order valence-electron chi connectivity index (χ3n) is 2.63. The Morgan fingerprint density at radius 1 is 1.12 bits per heavy atom. The molecule has 1 aliphatic heterocycles. The van der Waals surface area contributed by atoms with Crippen LogP contribution in [-0.4, -0.2) is 72.2 Å². The second kappa shape index (κ2) is 6.53. The van der Waals surface area contributed by atoms with Crippen LogP contribution >= 0.6 is 0 Å². The van der Waals surface area contributed by atoms with Crippen molar-refractivity contribution in [3.8, 4) is 0 Å². The predicted molar refractivity (Wildman–Crippen MR) is 57.7 cm³/mol. The molecule has 0 aromatic carbocycles. The maximum atomic E-state index is 9.58. The second-order valence-electron chi connectivity index (χ2n) is 3.92. The van der Waals surface area contributed by atoms with Crippen LogP contribution in [0.1, 0.15) is 6.42 Å². The monoisotopic (exact) mass is 234 g/mol. The number of rotatable bonds is 5. The zero-order chi connectivity index (χ0) is 12.1. The van der Waals surface area contributed by atoms with Crippen LogP contribution in [0.5, 0.6) is 0 Å². The molecule has 1 unspecified atom stereocenters. The van der Waals surface area contributed by atoms with E-state index < -0.39 is 37.3 Å². The Morgan fingerprint density at radius 3 is 2.38 bits per heavy atom. The average Bonchev–Trinajstić information content (AvgIpc) is 2.29. The van der Waals surface area contributed by atoms with Crippen molar-refractivity contribution in [2.24, 2.45) is 0 Å². The van der Waals surface area contributed by atoms with Gasteiger partial charge in [-0.2, -0.15) is 0 Å². The van der Waals surface area contributed by atoms with Crippen molar-refractivity contribution < 1.29 is 29.9 Å². The molecule has 0 bridgehead atoms. The molecule has 1 fully saturated rings. The molecule has 0 spiro atoms. The van der Waals surface area contributed by atoms with E-state index in [1.807, 2.05) is 7.85 Å². The first-order valence-electron chi connectivity index (χ1n) is 5.54. The van der Waals surface area contributed by atoms with Crippen molar-refractivity contribution in [2.75, 3.05) is 13.2 Å². The standard InChI is InChI=1S/C9H19BO6/c10-2-1-3-15-9-8(14)7(13)6(12)5(4-11)16-9/h5-9,11-14H,1-4,10H2/t5-,6+,7+,8-,9?/m1/s1. The Bertz CT molecular complexity index is 202. The van der Waals surface area contributed by atoms with Gasteiger partial charge >= 0.3 is 0 Å². The van der Waals surface area contributed by atoms with E-state index >= 15 is 0 Å². The lowest BCUT2D eigenvalue weighted by atomic mass is 9.99. The van der Waals surface area contributed by atoms with Crippen molar-refractivity contribution in [1.82, 2.24) is 0 Å². The zero-order valence-electron chi connectivity index (χ0n) is 9.32. The summed E-state index contributed by atoms with van der Waals surface area (Å²) in [6, 6.07) is 0. The van der Waals surface area contributed by atoms with Gasteiger partial charge in [-0.25, -0.2) is 0 Å². The normalized spacial score (nSPS) is 39.9. The average molecular weight is 234 g/mol. The highest BCUT2D eigenvalue weighted by molar-refractivity contribution is 6.08. The van der Waals surface area contributed by atoms with Crippen molar-refractivity contribution in [3.63, 3.8) is 0 Å². The topological polar surface area (TPSA) is 99.4 Å². The molecule has 94 valence electrons. The largest absolute Gasteiger partial charge is 0.394 e. The number of hydrogen-bond acceptors (Lipinski definition) is 6. The molecule has 1 aliphatic rings. The lowest BCUT2D eigenvalue weighted by molar-refractivity contribution is -0.300. The lowest BCUT2D eigenvalue weighted by Gasteiger charge is -2.39. The summed E-state index contributed by atoms with van der Waals surface area (Å²) in [7, 11) is 2.00. The summed E-state index contributed by atoms with van der Waals surface area (Å²) in [4.78, 5) is 0. The van der Waals surface area contributed by atoms with E-state index in [1.54, 1.807) is 0 Å². The van der Waals surface area contributed by atoms with Gasteiger partial charge in [0.15, 0.2) is 6.29 Å². The molecular weight excluding hydrogens is 215 g/mol. The molecule has 1 saturated heterocycles. The molecule has 5 atom stereocenters. The fourth-order valence-electron chi connectivity index (χ4n) is 1.55. The van der Waals surface area contributed by atoms with Gasteiger partial charge in [0.25, 0.3) is 0 Å². The van der Waals surface area contributed by atoms with Crippen molar-refractivity contribution in [3.05, 3.63) is 0 Å². The molecule has 0 amide bonds.